The summed E-state index contributed by atoms with van der Waals surface area (Å²) in [6.07, 6.45) is 4.71. The number of halogens is 2. The van der Waals surface area contributed by atoms with Crippen LogP contribution in [0, 0.1) is 5.82 Å². The Morgan fingerprint density at radius 1 is 1.22 bits per heavy atom. The molecule has 1 aromatic carbocycles. The number of thiophene rings is 1. The van der Waals surface area contributed by atoms with Crippen molar-refractivity contribution in [3.63, 3.8) is 0 Å². The van der Waals surface area contributed by atoms with E-state index in [2.05, 4.69) is 22.0 Å². The van der Waals surface area contributed by atoms with Gasteiger partial charge in [-0.05, 0) is 55.0 Å². The Labute approximate surface area is 119 Å². The monoisotopic (exact) mass is 324 g/mol. The number of hydrogen-bond donors (Lipinski definition) is 0. The number of aryl methyl sites for hydroxylation is 2. The van der Waals surface area contributed by atoms with Gasteiger partial charge in [0.25, 0.3) is 0 Å². The van der Waals surface area contributed by atoms with Crippen molar-refractivity contribution in [1.82, 2.24) is 0 Å². The minimum absolute atomic E-state index is 0.167. The molecule has 1 heterocycles. The summed E-state index contributed by atoms with van der Waals surface area (Å²) in [5.74, 6) is -0.167. The topological polar surface area (TPSA) is 0 Å². The Hall–Kier alpha value is -0.670. The van der Waals surface area contributed by atoms with Gasteiger partial charge in [-0.3, -0.25) is 0 Å². The van der Waals surface area contributed by atoms with E-state index in [-0.39, 0.29) is 5.82 Å². The van der Waals surface area contributed by atoms with Gasteiger partial charge in [-0.15, -0.1) is 11.3 Å². The molecule has 0 N–H and O–H groups in total. The molecule has 1 aliphatic carbocycles. The maximum atomic E-state index is 12.8. The average molecular weight is 325 g/mol. The summed E-state index contributed by atoms with van der Waals surface area (Å²) in [7, 11) is 0. The van der Waals surface area contributed by atoms with Crippen LogP contribution in [0.15, 0.2) is 30.3 Å². The number of benzene rings is 1. The lowest BCUT2D eigenvalue weighted by atomic mass is 10.1. The molecule has 1 aromatic heterocycles. The van der Waals surface area contributed by atoms with Gasteiger partial charge in [0.2, 0.25) is 0 Å². The lowest BCUT2D eigenvalue weighted by molar-refractivity contribution is 0.627. The Balaban J connectivity index is 1.74. The molecule has 0 nitrogen and oxygen atoms in total. The van der Waals surface area contributed by atoms with Crippen molar-refractivity contribution in [3.8, 4) is 0 Å². The van der Waals surface area contributed by atoms with E-state index in [1.165, 1.54) is 41.8 Å². The molecule has 0 saturated carbocycles. The standard InChI is InChI=1S/C15H14BrFS/c16-13(8-10-4-6-12(17)7-5-10)15-9-11-2-1-3-14(11)18-15/h4-7,9,13H,1-3,8H2. The van der Waals surface area contributed by atoms with E-state index < -0.39 is 0 Å². The van der Waals surface area contributed by atoms with E-state index in [0.29, 0.717) is 4.83 Å². The second-order valence-electron chi connectivity index (χ2n) is 4.75. The van der Waals surface area contributed by atoms with Crippen LogP contribution in [0.5, 0.6) is 0 Å². The predicted molar refractivity (Wildman–Crippen MR) is 78.1 cm³/mol. The largest absolute Gasteiger partial charge is 0.207 e. The van der Waals surface area contributed by atoms with Crippen molar-refractivity contribution in [2.24, 2.45) is 0 Å². The second-order valence-corrected chi connectivity index (χ2v) is 7.02. The van der Waals surface area contributed by atoms with Crippen molar-refractivity contribution in [3.05, 3.63) is 57.0 Å². The zero-order chi connectivity index (χ0) is 12.5. The maximum Gasteiger partial charge on any atom is 0.123 e. The SMILES string of the molecule is Fc1ccc(CC(Br)c2cc3c(s2)CCC3)cc1. The van der Waals surface area contributed by atoms with E-state index in [1.54, 1.807) is 10.4 Å². The molecule has 1 unspecified atom stereocenters. The van der Waals surface area contributed by atoms with Crippen LogP contribution < -0.4 is 0 Å². The van der Waals surface area contributed by atoms with Crippen LogP contribution in [0.25, 0.3) is 0 Å². The summed E-state index contributed by atoms with van der Waals surface area (Å²) in [6, 6.07) is 9.14. The number of fused-ring (bicyclic) bond motifs is 1. The summed E-state index contributed by atoms with van der Waals surface area (Å²) in [5, 5.41) is 0. The third kappa shape index (κ3) is 2.52. The molecule has 0 bridgehead atoms. The van der Waals surface area contributed by atoms with Gasteiger partial charge in [0.1, 0.15) is 5.82 Å². The maximum absolute atomic E-state index is 12.8. The van der Waals surface area contributed by atoms with Crippen LogP contribution in [-0.2, 0) is 19.3 Å². The fraction of sp³-hybridized carbons (Fsp3) is 0.333. The molecule has 0 amide bonds. The Morgan fingerprint density at radius 2 is 2.00 bits per heavy atom. The lowest BCUT2D eigenvalue weighted by Gasteiger charge is -2.07. The Kier molecular flexibility index (Phi) is 3.53. The van der Waals surface area contributed by atoms with Gasteiger partial charge in [0, 0.05) is 9.75 Å². The summed E-state index contributed by atoms with van der Waals surface area (Å²) < 4.78 is 12.8. The lowest BCUT2D eigenvalue weighted by Crippen LogP contribution is -1.93. The zero-order valence-electron chi connectivity index (χ0n) is 9.96. The first-order valence-corrected chi connectivity index (χ1v) is 7.95. The first kappa shape index (κ1) is 12.4. The van der Waals surface area contributed by atoms with E-state index in [4.69, 9.17) is 0 Å². The van der Waals surface area contributed by atoms with E-state index in [1.807, 2.05) is 23.5 Å². The highest BCUT2D eigenvalue weighted by molar-refractivity contribution is 9.09. The zero-order valence-corrected chi connectivity index (χ0v) is 12.4. The number of hydrogen-bond acceptors (Lipinski definition) is 1. The Bertz CT molecular complexity index is 523. The van der Waals surface area contributed by atoms with Gasteiger partial charge in [0.05, 0.1) is 4.83 Å². The fourth-order valence-corrected chi connectivity index (χ4v) is 4.46. The number of rotatable bonds is 3. The van der Waals surface area contributed by atoms with Crippen molar-refractivity contribution in [2.45, 2.75) is 30.5 Å². The molecule has 3 rings (SSSR count). The molecule has 0 saturated heterocycles. The van der Waals surface area contributed by atoms with Gasteiger partial charge in [-0.25, -0.2) is 4.39 Å². The third-order valence-electron chi connectivity index (χ3n) is 3.40. The average Bonchev–Trinajstić information content (AvgIpc) is 2.92. The molecular weight excluding hydrogens is 311 g/mol. The van der Waals surface area contributed by atoms with Gasteiger partial charge < -0.3 is 0 Å². The Morgan fingerprint density at radius 3 is 2.72 bits per heavy atom. The highest BCUT2D eigenvalue weighted by Crippen LogP contribution is 2.38. The molecule has 3 heteroatoms. The van der Waals surface area contributed by atoms with Gasteiger partial charge in [-0.2, -0.15) is 0 Å². The molecule has 0 fully saturated rings. The van der Waals surface area contributed by atoms with Crippen LogP contribution in [0.2, 0.25) is 0 Å². The van der Waals surface area contributed by atoms with Gasteiger partial charge in [0.15, 0.2) is 0 Å². The first-order chi connectivity index (χ1) is 8.72. The quantitative estimate of drug-likeness (QED) is 0.693. The van der Waals surface area contributed by atoms with Crippen LogP contribution >= 0.6 is 27.3 Å². The highest BCUT2D eigenvalue weighted by atomic mass is 79.9. The molecule has 94 valence electrons. The van der Waals surface area contributed by atoms with Crippen molar-refractivity contribution in [1.29, 1.82) is 0 Å². The first-order valence-electron chi connectivity index (χ1n) is 6.22. The molecule has 0 radical (unpaired) electrons. The van der Waals surface area contributed by atoms with Gasteiger partial charge >= 0.3 is 0 Å². The molecule has 1 aliphatic rings. The smallest absolute Gasteiger partial charge is 0.123 e. The van der Waals surface area contributed by atoms with E-state index >= 15 is 0 Å². The van der Waals surface area contributed by atoms with Crippen LogP contribution in [-0.4, -0.2) is 0 Å². The minimum atomic E-state index is -0.167. The second kappa shape index (κ2) is 5.14. The molecule has 0 spiro atoms. The molecular formula is C15H14BrFS. The minimum Gasteiger partial charge on any atom is -0.207 e. The third-order valence-corrected chi connectivity index (χ3v) is 5.87. The molecule has 18 heavy (non-hydrogen) atoms. The van der Waals surface area contributed by atoms with Crippen molar-refractivity contribution < 1.29 is 4.39 Å². The summed E-state index contributed by atoms with van der Waals surface area (Å²) in [4.78, 5) is 3.32. The van der Waals surface area contributed by atoms with Crippen LogP contribution in [0.3, 0.4) is 0 Å². The molecule has 2 aromatic rings. The van der Waals surface area contributed by atoms with Crippen LogP contribution in [0.1, 0.15) is 32.1 Å². The van der Waals surface area contributed by atoms with Crippen LogP contribution in [0.4, 0.5) is 4.39 Å². The normalized spacial score (nSPS) is 15.7. The van der Waals surface area contributed by atoms with E-state index in [9.17, 15) is 4.39 Å². The van der Waals surface area contributed by atoms with Crippen molar-refractivity contribution >= 4 is 27.3 Å². The fourth-order valence-electron chi connectivity index (χ4n) is 2.43. The predicted octanol–water partition coefficient (Wildman–Crippen LogP) is 5.05. The van der Waals surface area contributed by atoms with Gasteiger partial charge in [-0.1, -0.05) is 28.1 Å². The summed E-state index contributed by atoms with van der Waals surface area (Å²) in [5.41, 5.74) is 2.71. The summed E-state index contributed by atoms with van der Waals surface area (Å²) in [6.45, 7) is 0. The number of alkyl halides is 1. The molecule has 1 atom stereocenters. The van der Waals surface area contributed by atoms with Crippen molar-refractivity contribution in [2.75, 3.05) is 0 Å². The highest BCUT2D eigenvalue weighted by Gasteiger charge is 2.18. The molecule has 0 aliphatic heterocycles. The van der Waals surface area contributed by atoms with E-state index in [0.717, 1.165) is 6.42 Å². The summed E-state index contributed by atoms with van der Waals surface area (Å²) >= 11 is 5.69.